The van der Waals surface area contributed by atoms with Crippen LogP contribution in [0.4, 0.5) is 0 Å². The lowest BCUT2D eigenvalue weighted by atomic mass is 9.42. The fourth-order valence-corrected chi connectivity index (χ4v) is 10.0. The Labute approximate surface area is 165 Å². The number of nitrogens with one attached hydrogen (secondary N) is 1. The summed E-state index contributed by atoms with van der Waals surface area (Å²) in [5, 5.41) is 3.65. The molecule has 1 N–H and O–H groups in total. The maximum atomic E-state index is 13.0. The smallest absolute Gasteiger partial charge is 0.159 e. The number of Topliss-reactive ketones (excluding diaryl/α,β-unsaturated/α-hetero) is 1. The lowest BCUT2D eigenvalue weighted by molar-refractivity contribution is -0.129. The van der Waals surface area contributed by atoms with Crippen molar-refractivity contribution in [1.82, 2.24) is 5.32 Å². The molecule has 5 rings (SSSR count). The van der Waals surface area contributed by atoms with Crippen LogP contribution in [0.15, 0.2) is 11.6 Å². The molecule has 0 amide bonds. The van der Waals surface area contributed by atoms with Crippen LogP contribution in [0.25, 0.3) is 0 Å². The van der Waals surface area contributed by atoms with Crippen LogP contribution in [0, 0.1) is 38.9 Å². The van der Waals surface area contributed by atoms with Crippen LogP contribution in [0.3, 0.4) is 0 Å². The highest BCUT2D eigenvalue weighted by molar-refractivity contribution is 6.00. The molecule has 0 bridgehead atoms. The second kappa shape index (κ2) is 5.10. The molecule has 7 atom stereocenters. The van der Waals surface area contributed by atoms with E-state index in [-0.39, 0.29) is 10.8 Å². The minimum atomic E-state index is 0.114. The molecule has 27 heavy (non-hydrogen) atoms. The minimum Gasteiger partial charge on any atom is -0.316 e. The summed E-state index contributed by atoms with van der Waals surface area (Å²) < 4.78 is 0. The topological polar surface area (TPSA) is 29.1 Å². The van der Waals surface area contributed by atoms with Crippen molar-refractivity contribution in [3.05, 3.63) is 11.6 Å². The fraction of sp³-hybridized carbons (Fsp3) is 0.880. The van der Waals surface area contributed by atoms with E-state index in [4.69, 9.17) is 0 Å². The van der Waals surface area contributed by atoms with Crippen LogP contribution >= 0.6 is 0 Å². The third-order valence-corrected chi connectivity index (χ3v) is 11.4. The highest BCUT2D eigenvalue weighted by Crippen LogP contribution is 2.88. The third kappa shape index (κ3) is 1.77. The minimum absolute atomic E-state index is 0.114. The molecule has 0 unspecified atom stereocenters. The SMILES string of the molecule is C/C=C1\C(=O)C[C@@]2(C)[C@@H]3CC[C@H]4C(C)(C)[C@@H](NC)CC[C@@]45C[C@@]35CC[C@]12C. The number of rotatable bonds is 1. The molecule has 0 radical (unpaired) electrons. The summed E-state index contributed by atoms with van der Waals surface area (Å²) in [6.07, 6.45) is 12.5. The Hall–Kier alpha value is -0.630. The fourth-order valence-electron chi connectivity index (χ4n) is 10.0. The van der Waals surface area contributed by atoms with Gasteiger partial charge in [-0.05, 0) is 98.0 Å². The highest BCUT2D eigenvalue weighted by Gasteiger charge is 2.82. The van der Waals surface area contributed by atoms with Crippen LogP contribution in [0.1, 0.15) is 86.0 Å². The van der Waals surface area contributed by atoms with Crippen molar-refractivity contribution in [3.8, 4) is 0 Å². The molecule has 2 nitrogen and oxygen atoms in total. The van der Waals surface area contributed by atoms with E-state index in [2.05, 4.69) is 53.1 Å². The molecular formula is C25H39NO. The zero-order valence-electron chi connectivity index (χ0n) is 18.4. The lowest BCUT2D eigenvalue weighted by Gasteiger charge is -2.62. The van der Waals surface area contributed by atoms with Crippen molar-refractivity contribution in [2.24, 2.45) is 38.9 Å². The number of carbonyl (C=O) groups excluding carboxylic acids is 1. The van der Waals surface area contributed by atoms with Crippen LogP contribution in [0.2, 0.25) is 0 Å². The summed E-state index contributed by atoms with van der Waals surface area (Å²) in [5.74, 6) is 2.07. The van der Waals surface area contributed by atoms with Crippen LogP contribution in [-0.4, -0.2) is 18.9 Å². The van der Waals surface area contributed by atoms with Crippen molar-refractivity contribution in [2.75, 3.05) is 7.05 Å². The van der Waals surface area contributed by atoms with Crippen molar-refractivity contribution < 1.29 is 4.79 Å². The van der Waals surface area contributed by atoms with E-state index >= 15 is 0 Å². The number of carbonyl (C=O) groups is 1. The van der Waals surface area contributed by atoms with E-state index in [9.17, 15) is 4.79 Å². The summed E-state index contributed by atoms with van der Waals surface area (Å²) in [6.45, 7) is 12.1. The van der Waals surface area contributed by atoms with E-state index < -0.39 is 0 Å². The predicted molar refractivity (Wildman–Crippen MR) is 110 cm³/mol. The number of allylic oxidation sites excluding steroid dienone is 2. The maximum Gasteiger partial charge on any atom is 0.159 e. The standard InChI is InChI=1S/C25H39NO/c1-7-16-17(27)14-23(5)19-9-8-18-21(2,3)20(26-6)10-11-24(18)15-25(19,24)13-12-22(16,23)4/h7,18-20,26H,8-15H2,1-6H3/b16-7+/t18-,19-,20-,22+,23-,24+,25-/m0/s1. The van der Waals surface area contributed by atoms with Gasteiger partial charge in [-0.3, -0.25) is 4.79 Å². The van der Waals surface area contributed by atoms with Crippen molar-refractivity contribution in [3.63, 3.8) is 0 Å². The molecule has 0 aliphatic heterocycles. The first-order valence-corrected chi connectivity index (χ1v) is 11.5. The van der Waals surface area contributed by atoms with E-state index in [1.807, 2.05) is 0 Å². The normalized spacial score (nSPS) is 56.9. The molecule has 5 aliphatic carbocycles. The molecule has 0 aromatic carbocycles. The van der Waals surface area contributed by atoms with Crippen LogP contribution in [-0.2, 0) is 4.79 Å². The molecule has 150 valence electrons. The Bertz CT molecular complexity index is 737. The molecule has 5 fully saturated rings. The average molecular weight is 370 g/mol. The van der Waals surface area contributed by atoms with Gasteiger partial charge in [-0.1, -0.05) is 33.8 Å². The van der Waals surface area contributed by atoms with Gasteiger partial charge in [-0.25, -0.2) is 0 Å². The van der Waals surface area contributed by atoms with Crippen molar-refractivity contribution in [2.45, 2.75) is 92.0 Å². The third-order valence-electron chi connectivity index (χ3n) is 11.4. The van der Waals surface area contributed by atoms with E-state index in [0.29, 0.717) is 28.1 Å². The second-order valence-corrected chi connectivity index (χ2v) is 11.9. The summed E-state index contributed by atoms with van der Waals surface area (Å²) in [7, 11) is 2.16. The van der Waals surface area contributed by atoms with Crippen molar-refractivity contribution in [1.29, 1.82) is 0 Å². The molecule has 2 heteroatoms. The lowest BCUT2D eigenvalue weighted by Crippen LogP contribution is -2.58. The summed E-state index contributed by atoms with van der Waals surface area (Å²) in [6, 6.07) is 0.662. The van der Waals surface area contributed by atoms with Gasteiger partial charge >= 0.3 is 0 Å². The number of fused-ring (bicyclic) bond motifs is 2. The molecule has 0 aromatic rings. The maximum absolute atomic E-state index is 13.0. The van der Waals surface area contributed by atoms with Crippen LogP contribution < -0.4 is 5.32 Å². The zero-order chi connectivity index (χ0) is 19.5. The Morgan fingerprint density at radius 3 is 2.30 bits per heavy atom. The van der Waals surface area contributed by atoms with E-state index in [1.165, 1.54) is 44.9 Å². The summed E-state index contributed by atoms with van der Waals surface area (Å²) in [5.41, 5.74) is 2.98. The Balaban J connectivity index is 1.56. The van der Waals surface area contributed by atoms with Gasteiger partial charge in [0, 0.05) is 17.9 Å². The van der Waals surface area contributed by atoms with Crippen LogP contribution in [0.5, 0.6) is 0 Å². The molecule has 5 aliphatic rings. The Morgan fingerprint density at radius 2 is 1.63 bits per heavy atom. The number of ketones is 1. The van der Waals surface area contributed by atoms with Gasteiger partial charge in [-0.2, -0.15) is 0 Å². The first-order chi connectivity index (χ1) is 12.6. The number of hydrogen-bond acceptors (Lipinski definition) is 2. The van der Waals surface area contributed by atoms with Gasteiger partial charge < -0.3 is 5.32 Å². The Kier molecular flexibility index (Phi) is 3.47. The monoisotopic (exact) mass is 369 g/mol. The highest BCUT2D eigenvalue weighted by atomic mass is 16.1. The van der Waals surface area contributed by atoms with Gasteiger partial charge in [0.05, 0.1) is 0 Å². The van der Waals surface area contributed by atoms with E-state index in [0.717, 1.165) is 23.8 Å². The van der Waals surface area contributed by atoms with Crippen molar-refractivity contribution >= 4 is 5.78 Å². The second-order valence-electron chi connectivity index (χ2n) is 11.9. The summed E-state index contributed by atoms with van der Waals surface area (Å²) in [4.78, 5) is 13.0. The number of hydrogen-bond donors (Lipinski definition) is 1. The van der Waals surface area contributed by atoms with Gasteiger partial charge in [0.2, 0.25) is 0 Å². The molecule has 0 saturated heterocycles. The predicted octanol–water partition coefficient (Wildman–Crippen LogP) is 5.52. The molecule has 2 spiro atoms. The molecule has 5 saturated carbocycles. The first kappa shape index (κ1) is 18.4. The Morgan fingerprint density at radius 1 is 0.963 bits per heavy atom. The van der Waals surface area contributed by atoms with Gasteiger partial charge in [-0.15, -0.1) is 0 Å². The van der Waals surface area contributed by atoms with Gasteiger partial charge in [0.1, 0.15) is 0 Å². The summed E-state index contributed by atoms with van der Waals surface area (Å²) >= 11 is 0. The van der Waals surface area contributed by atoms with Gasteiger partial charge in [0.15, 0.2) is 5.78 Å². The zero-order valence-corrected chi connectivity index (χ0v) is 18.4. The molecule has 0 aromatic heterocycles. The van der Waals surface area contributed by atoms with Gasteiger partial charge in [0.25, 0.3) is 0 Å². The molecule has 0 heterocycles. The largest absolute Gasteiger partial charge is 0.316 e. The quantitative estimate of drug-likeness (QED) is 0.616. The van der Waals surface area contributed by atoms with E-state index in [1.54, 1.807) is 0 Å². The first-order valence-electron chi connectivity index (χ1n) is 11.5. The average Bonchev–Trinajstić information content (AvgIpc) is 3.21. The molecular weight excluding hydrogens is 330 g/mol.